The molecule has 0 aromatic heterocycles. The van der Waals surface area contributed by atoms with Crippen LogP contribution in [0.4, 0.5) is 0 Å². The largest absolute Gasteiger partial charge is 0.282 e. The molecular weight excluding hydrogens is 246 g/mol. The van der Waals surface area contributed by atoms with E-state index in [1.165, 1.54) is 0 Å². The Hall–Kier alpha value is -0.510. The monoisotopic (exact) mass is 267 g/mol. The van der Waals surface area contributed by atoms with Gasteiger partial charge in [0.05, 0.1) is 11.8 Å². The average molecular weight is 267 g/mol. The number of thiol groups is 1. The molecule has 2 amide bonds. The van der Waals surface area contributed by atoms with Gasteiger partial charge in [-0.25, -0.2) is 0 Å². The van der Waals surface area contributed by atoms with Crippen molar-refractivity contribution in [2.45, 2.75) is 39.0 Å². The average Bonchev–Trinajstić information content (AvgIpc) is 2.97. The number of nitrogens with zero attached hydrogens (tertiary/aromatic N) is 1. The summed E-state index contributed by atoms with van der Waals surface area (Å²) in [5.41, 5.74) is 0.150. The number of imide groups is 1. The summed E-state index contributed by atoms with van der Waals surface area (Å²) < 4.78 is 0. The quantitative estimate of drug-likeness (QED) is 0.626. The van der Waals surface area contributed by atoms with E-state index >= 15 is 0 Å². The van der Waals surface area contributed by atoms with Crippen LogP contribution in [0.5, 0.6) is 0 Å². The zero-order valence-electron chi connectivity index (χ0n) is 10.9. The van der Waals surface area contributed by atoms with Gasteiger partial charge in [0.1, 0.15) is 0 Å². The summed E-state index contributed by atoms with van der Waals surface area (Å²) in [6.45, 7) is 2.77. The van der Waals surface area contributed by atoms with Gasteiger partial charge in [0.25, 0.3) is 0 Å². The molecule has 0 spiro atoms. The normalized spacial score (nSPS) is 37.2. The highest BCUT2D eigenvalue weighted by Gasteiger charge is 2.55. The third-order valence-corrected chi connectivity index (χ3v) is 5.86. The molecule has 2 aliphatic carbocycles. The lowest BCUT2D eigenvalue weighted by molar-refractivity contribution is -0.141. The van der Waals surface area contributed by atoms with Crippen molar-refractivity contribution in [2.24, 2.45) is 23.2 Å². The SMILES string of the molecule is CCC1CC2C(=O)N(CC3(CS)CC3)C(=O)C2C1. The Labute approximate surface area is 114 Å². The van der Waals surface area contributed by atoms with E-state index in [0.29, 0.717) is 12.5 Å². The van der Waals surface area contributed by atoms with Gasteiger partial charge in [-0.3, -0.25) is 14.5 Å². The Balaban J connectivity index is 1.72. The van der Waals surface area contributed by atoms with Crippen LogP contribution in [0.15, 0.2) is 0 Å². The molecule has 1 heterocycles. The summed E-state index contributed by atoms with van der Waals surface area (Å²) in [5, 5.41) is 0. The fraction of sp³-hybridized carbons (Fsp3) is 0.857. The van der Waals surface area contributed by atoms with E-state index in [9.17, 15) is 9.59 Å². The van der Waals surface area contributed by atoms with Crippen LogP contribution in [0.2, 0.25) is 0 Å². The summed E-state index contributed by atoms with van der Waals surface area (Å²) in [6, 6.07) is 0. The summed E-state index contributed by atoms with van der Waals surface area (Å²) in [5.74, 6) is 1.57. The van der Waals surface area contributed by atoms with E-state index in [-0.39, 0.29) is 29.1 Å². The first-order chi connectivity index (χ1) is 8.60. The van der Waals surface area contributed by atoms with Gasteiger partial charge >= 0.3 is 0 Å². The third-order valence-electron chi connectivity index (χ3n) is 5.19. The molecule has 100 valence electrons. The Kier molecular flexibility index (Phi) is 2.96. The number of hydrogen-bond donors (Lipinski definition) is 1. The predicted molar refractivity (Wildman–Crippen MR) is 72.2 cm³/mol. The standard InChI is InChI=1S/C14H21NO2S/c1-2-9-5-10-11(6-9)13(17)15(12(10)16)7-14(8-18)3-4-14/h9-11,18H,2-8H2,1H3. The van der Waals surface area contributed by atoms with E-state index in [1.54, 1.807) is 4.90 Å². The van der Waals surface area contributed by atoms with Crippen molar-refractivity contribution >= 4 is 24.4 Å². The first-order valence-electron chi connectivity index (χ1n) is 7.06. The number of hydrogen-bond acceptors (Lipinski definition) is 3. The smallest absolute Gasteiger partial charge is 0.233 e. The predicted octanol–water partition coefficient (Wildman–Crippen LogP) is 2.12. The lowest BCUT2D eigenvalue weighted by atomic mass is 10.00. The highest BCUT2D eigenvalue weighted by Crippen LogP contribution is 2.50. The Morgan fingerprint density at radius 3 is 2.17 bits per heavy atom. The van der Waals surface area contributed by atoms with Gasteiger partial charge in [-0.15, -0.1) is 0 Å². The zero-order valence-corrected chi connectivity index (χ0v) is 11.8. The van der Waals surface area contributed by atoms with Crippen LogP contribution in [-0.4, -0.2) is 29.0 Å². The molecule has 3 rings (SSSR count). The molecule has 0 N–H and O–H groups in total. The molecule has 3 aliphatic rings. The van der Waals surface area contributed by atoms with Crippen LogP contribution >= 0.6 is 12.6 Å². The van der Waals surface area contributed by atoms with Gasteiger partial charge in [-0.2, -0.15) is 12.6 Å². The topological polar surface area (TPSA) is 37.4 Å². The number of amides is 2. The fourth-order valence-electron chi connectivity index (χ4n) is 3.57. The lowest BCUT2D eigenvalue weighted by Crippen LogP contribution is -2.37. The molecule has 0 aromatic rings. The maximum atomic E-state index is 12.4. The van der Waals surface area contributed by atoms with Crippen molar-refractivity contribution in [3.8, 4) is 0 Å². The molecule has 1 saturated heterocycles. The van der Waals surface area contributed by atoms with E-state index in [1.807, 2.05) is 0 Å². The summed E-state index contributed by atoms with van der Waals surface area (Å²) in [7, 11) is 0. The molecule has 2 saturated carbocycles. The second-order valence-corrected chi connectivity index (χ2v) is 6.70. The van der Waals surface area contributed by atoms with Crippen molar-refractivity contribution < 1.29 is 9.59 Å². The number of carbonyl (C=O) groups excluding carboxylic acids is 2. The number of rotatable bonds is 4. The molecule has 2 unspecified atom stereocenters. The van der Waals surface area contributed by atoms with Crippen molar-refractivity contribution in [1.29, 1.82) is 0 Å². The number of carbonyl (C=O) groups is 2. The summed E-state index contributed by atoms with van der Waals surface area (Å²) in [6.07, 6.45) is 5.17. The molecule has 0 radical (unpaired) electrons. The Morgan fingerprint density at radius 2 is 1.78 bits per heavy atom. The van der Waals surface area contributed by atoms with Gasteiger partial charge in [0.15, 0.2) is 0 Å². The maximum Gasteiger partial charge on any atom is 0.233 e. The minimum atomic E-state index is -0.00170. The molecule has 3 fully saturated rings. The summed E-state index contributed by atoms with van der Waals surface area (Å²) >= 11 is 4.36. The van der Waals surface area contributed by atoms with E-state index < -0.39 is 0 Å². The third kappa shape index (κ3) is 1.80. The fourth-order valence-corrected chi connectivity index (χ4v) is 3.98. The van der Waals surface area contributed by atoms with Crippen molar-refractivity contribution in [2.75, 3.05) is 12.3 Å². The molecule has 0 aromatic carbocycles. The second kappa shape index (κ2) is 4.26. The molecule has 1 aliphatic heterocycles. The van der Waals surface area contributed by atoms with Gasteiger partial charge < -0.3 is 0 Å². The van der Waals surface area contributed by atoms with Crippen molar-refractivity contribution in [3.05, 3.63) is 0 Å². The summed E-state index contributed by atoms with van der Waals surface area (Å²) in [4.78, 5) is 26.3. The molecule has 2 atom stereocenters. The van der Waals surface area contributed by atoms with Gasteiger partial charge in [0.2, 0.25) is 11.8 Å². The highest BCUT2D eigenvalue weighted by atomic mass is 32.1. The Morgan fingerprint density at radius 1 is 1.22 bits per heavy atom. The van der Waals surface area contributed by atoms with Crippen LogP contribution in [-0.2, 0) is 9.59 Å². The lowest BCUT2D eigenvalue weighted by Gasteiger charge is -2.22. The van der Waals surface area contributed by atoms with Crippen LogP contribution in [0.1, 0.15) is 39.0 Å². The van der Waals surface area contributed by atoms with Gasteiger partial charge in [0, 0.05) is 6.54 Å². The zero-order chi connectivity index (χ0) is 12.9. The van der Waals surface area contributed by atoms with Crippen LogP contribution < -0.4 is 0 Å². The molecule has 0 bridgehead atoms. The van der Waals surface area contributed by atoms with Crippen molar-refractivity contribution in [3.63, 3.8) is 0 Å². The molecule has 3 nitrogen and oxygen atoms in total. The molecular formula is C14H21NO2S. The first kappa shape index (κ1) is 12.5. The van der Waals surface area contributed by atoms with Crippen LogP contribution in [0, 0.1) is 23.2 Å². The molecule has 18 heavy (non-hydrogen) atoms. The highest BCUT2D eigenvalue weighted by molar-refractivity contribution is 7.80. The Bertz CT molecular complexity index is 367. The van der Waals surface area contributed by atoms with Crippen LogP contribution in [0.3, 0.4) is 0 Å². The van der Waals surface area contributed by atoms with E-state index in [2.05, 4.69) is 19.6 Å². The van der Waals surface area contributed by atoms with Gasteiger partial charge in [-0.1, -0.05) is 13.3 Å². The minimum absolute atomic E-state index is 0.00170. The van der Waals surface area contributed by atoms with Crippen LogP contribution in [0.25, 0.3) is 0 Å². The van der Waals surface area contributed by atoms with E-state index in [4.69, 9.17) is 0 Å². The number of likely N-dealkylation sites (tertiary alicyclic amines) is 1. The minimum Gasteiger partial charge on any atom is -0.282 e. The number of fused-ring (bicyclic) bond motifs is 1. The maximum absolute atomic E-state index is 12.4. The second-order valence-electron chi connectivity index (χ2n) is 6.38. The van der Waals surface area contributed by atoms with Gasteiger partial charge in [-0.05, 0) is 42.8 Å². The van der Waals surface area contributed by atoms with Crippen molar-refractivity contribution in [1.82, 2.24) is 4.90 Å². The first-order valence-corrected chi connectivity index (χ1v) is 7.69. The molecule has 4 heteroatoms. The van der Waals surface area contributed by atoms with E-state index in [0.717, 1.165) is 37.9 Å².